The van der Waals surface area contributed by atoms with Crippen LogP contribution in [0.3, 0.4) is 0 Å². The molecule has 1 amide bonds. The predicted molar refractivity (Wildman–Crippen MR) is 58.1 cm³/mol. The van der Waals surface area contributed by atoms with Crippen molar-refractivity contribution in [1.29, 1.82) is 0 Å². The zero-order valence-electron chi connectivity index (χ0n) is 9.16. The molecule has 0 saturated carbocycles. The number of nitrogens with zero attached hydrogens (tertiary/aromatic N) is 4. The minimum atomic E-state index is -0.304. The lowest BCUT2D eigenvalue weighted by Gasteiger charge is -2.15. The number of carbonyl (C=O) groups is 1. The number of hydrogen-bond donors (Lipinski definition) is 2. The van der Waals surface area contributed by atoms with Crippen LogP contribution in [0.2, 0.25) is 0 Å². The molecule has 0 aliphatic rings. The quantitative estimate of drug-likeness (QED) is 0.788. The second kappa shape index (κ2) is 4.60. The first kappa shape index (κ1) is 11.1. The van der Waals surface area contributed by atoms with Crippen LogP contribution < -0.4 is 0 Å². The number of rotatable bonds is 3. The van der Waals surface area contributed by atoms with E-state index in [1.165, 1.54) is 29.7 Å². The molecule has 0 radical (unpaired) electrons. The number of aromatic hydroxyl groups is 1. The molecule has 0 aliphatic carbocycles. The molecule has 0 saturated heterocycles. The highest BCUT2D eigenvalue weighted by atomic mass is 16.3. The van der Waals surface area contributed by atoms with Gasteiger partial charge >= 0.3 is 0 Å². The fourth-order valence-electron chi connectivity index (χ4n) is 1.38. The summed E-state index contributed by atoms with van der Waals surface area (Å²) in [5, 5.41) is 15.9. The van der Waals surface area contributed by atoms with Crippen LogP contribution in [0.5, 0.6) is 5.75 Å². The summed E-state index contributed by atoms with van der Waals surface area (Å²) in [5.74, 6) is 0.137. The Morgan fingerprint density at radius 3 is 3.06 bits per heavy atom. The smallest absolute Gasteiger partial charge is 0.257 e. The minimum Gasteiger partial charge on any atom is -0.505 e. The molecule has 0 aliphatic heterocycles. The van der Waals surface area contributed by atoms with Crippen molar-refractivity contribution in [3.8, 4) is 5.75 Å². The summed E-state index contributed by atoms with van der Waals surface area (Å²) < 4.78 is 0. The fraction of sp³-hybridized carbons (Fsp3) is 0.200. The van der Waals surface area contributed by atoms with Crippen LogP contribution in [0, 0.1) is 0 Å². The van der Waals surface area contributed by atoms with E-state index in [0.717, 1.165) is 0 Å². The molecule has 2 heterocycles. The molecule has 7 nitrogen and oxygen atoms in total. The molecular formula is C10H11N5O2. The minimum absolute atomic E-state index is 0.137. The van der Waals surface area contributed by atoms with Gasteiger partial charge in [-0.15, -0.1) is 0 Å². The molecule has 7 heteroatoms. The second-order valence-corrected chi connectivity index (χ2v) is 3.49. The van der Waals surface area contributed by atoms with Crippen molar-refractivity contribution in [3.05, 3.63) is 36.2 Å². The van der Waals surface area contributed by atoms with Gasteiger partial charge in [-0.2, -0.15) is 5.10 Å². The van der Waals surface area contributed by atoms with Crippen LogP contribution in [-0.2, 0) is 6.54 Å². The van der Waals surface area contributed by atoms with Crippen molar-refractivity contribution >= 4 is 5.91 Å². The highest BCUT2D eigenvalue weighted by Crippen LogP contribution is 2.16. The molecule has 0 atom stereocenters. The second-order valence-electron chi connectivity index (χ2n) is 3.49. The zero-order valence-corrected chi connectivity index (χ0v) is 9.16. The number of aromatic amines is 1. The SMILES string of the molecule is CN(Cc1ncn[nH]1)C(=O)c1ccncc1O. The van der Waals surface area contributed by atoms with E-state index in [1.807, 2.05) is 0 Å². The molecule has 2 rings (SSSR count). The summed E-state index contributed by atoms with van der Waals surface area (Å²) >= 11 is 0. The van der Waals surface area contributed by atoms with Gasteiger partial charge in [0.15, 0.2) is 0 Å². The van der Waals surface area contributed by atoms with E-state index >= 15 is 0 Å². The number of aromatic nitrogens is 4. The molecular weight excluding hydrogens is 222 g/mol. The lowest BCUT2D eigenvalue weighted by molar-refractivity contribution is 0.0778. The number of hydrogen-bond acceptors (Lipinski definition) is 5. The highest BCUT2D eigenvalue weighted by molar-refractivity contribution is 5.96. The largest absolute Gasteiger partial charge is 0.505 e. The number of carbonyl (C=O) groups excluding carboxylic acids is 1. The Balaban J connectivity index is 2.13. The number of pyridine rings is 1. The normalized spacial score (nSPS) is 10.2. The number of H-pyrrole nitrogens is 1. The van der Waals surface area contributed by atoms with E-state index in [-0.39, 0.29) is 17.2 Å². The molecule has 2 aromatic heterocycles. The zero-order chi connectivity index (χ0) is 12.3. The average Bonchev–Trinajstić information content (AvgIpc) is 2.81. The van der Waals surface area contributed by atoms with Gasteiger partial charge < -0.3 is 10.0 Å². The standard InChI is InChI=1S/C10H11N5O2/c1-15(5-9-12-6-13-14-9)10(17)7-2-3-11-4-8(7)16/h2-4,6,16H,5H2,1H3,(H,12,13,14). The van der Waals surface area contributed by atoms with Gasteiger partial charge in [0.2, 0.25) is 0 Å². The van der Waals surface area contributed by atoms with E-state index in [0.29, 0.717) is 12.4 Å². The molecule has 17 heavy (non-hydrogen) atoms. The number of nitrogens with one attached hydrogen (secondary N) is 1. The first-order chi connectivity index (χ1) is 8.18. The topological polar surface area (TPSA) is 95.0 Å². The van der Waals surface area contributed by atoms with Gasteiger partial charge in [0, 0.05) is 13.2 Å². The van der Waals surface area contributed by atoms with Crippen molar-refractivity contribution < 1.29 is 9.90 Å². The van der Waals surface area contributed by atoms with Crippen molar-refractivity contribution in [2.24, 2.45) is 0 Å². The molecule has 0 aromatic carbocycles. The van der Waals surface area contributed by atoms with Gasteiger partial charge in [0.1, 0.15) is 17.9 Å². The van der Waals surface area contributed by atoms with E-state index < -0.39 is 0 Å². The first-order valence-corrected chi connectivity index (χ1v) is 4.91. The molecule has 2 aromatic rings. The van der Waals surface area contributed by atoms with Gasteiger partial charge in [-0.25, -0.2) is 4.98 Å². The summed E-state index contributed by atoms with van der Waals surface area (Å²) in [4.78, 5) is 21.0. The van der Waals surface area contributed by atoms with Gasteiger partial charge in [0.25, 0.3) is 5.91 Å². The first-order valence-electron chi connectivity index (χ1n) is 4.91. The number of amides is 1. The van der Waals surface area contributed by atoms with E-state index in [4.69, 9.17) is 0 Å². The average molecular weight is 233 g/mol. The van der Waals surface area contributed by atoms with E-state index in [2.05, 4.69) is 20.2 Å². The maximum atomic E-state index is 12.0. The van der Waals surface area contributed by atoms with Crippen molar-refractivity contribution in [2.45, 2.75) is 6.54 Å². The predicted octanol–water partition coefficient (Wildman–Crippen LogP) is 0.177. The Morgan fingerprint density at radius 1 is 1.59 bits per heavy atom. The molecule has 88 valence electrons. The van der Waals surface area contributed by atoms with Crippen molar-refractivity contribution in [2.75, 3.05) is 7.05 Å². The summed E-state index contributed by atoms with van der Waals surface area (Å²) in [6, 6.07) is 1.47. The maximum Gasteiger partial charge on any atom is 0.257 e. The Kier molecular flexibility index (Phi) is 2.99. The molecule has 0 spiro atoms. The Bertz CT molecular complexity index is 511. The Labute approximate surface area is 97.1 Å². The van der Waals surface area contributed by atoms with E-state index in [1.54, 1.807) is 7.05 Å². The van der Waals surface area contributed by atoms with Gasteiger partial charge in [0.05, 0.1) is 18.3 Å². The third-order valence-electron chi connectivity index (χ3n) is 2.23. The van der Waals surface area contributed by atoms with Crippen molar-refractivity contribution in [3.63, 3.8) is 0 Å². The summed E-state index contributed by atoms with van der Waals surface area (Å²) in [5.41, 5.74) is 0.210. The molecule has 2 N–H and O–H groups in total. The van der Waals surface area contributed by atoms with Gasteiger partial charge in [-0.05, 0) is 6.07 Å². The van der Waals surface area contributed by atoms with Gasteiger partial charge in [-0.1, -0.05) is 0 Å². The Hall–Kier alpha value is -2.44. The molecule has 0 unspecified atom stereocenters. The van der Waals surface area contributed by atoms with E-state index in [9.17, 15) is 9.90 Å². The van der Waals surface area contributed by atoms with Crippen LogP contribution in [0.15, 0.2) is 24.8 Å². The monoisotopic (exact) mass is 233 g/mol. The lowest BCUT2D eigenvalue weighted by Crippen LogP contribution is -2.26. The van der Waals surface area contributed by atoms with Crippen LogP contribution in [0.4, 0.5) is 0 Å². The maximum absolute atomic E-state index is 12.0. The van der Waals surface area contributed by atoms with Crippen LogP contribution in [0.1, 0.15) is 16.2 Å². The molecule has 0 bridgehead atoms. The lowest BCUT2D eigenvalue weighted by atomic mass is 10.2. The Morgan fingerprint density at radius 2 is 2.41 bits per heavy atom. The summed E-state index contributed by atoms with van der Waals surface area (Å²) in [6.07, 6.45) is 4.06. The van der Waals surface area contributed by atoms with Crippen LogP contribution >= 0.6 is 0 Å². The summed E-state index contributed by atoms with van der Waals surface area (Å²) in [7, 11) is 1.62. The summed E-state index contributed by atoms with van der Waals surface area (Å²) in [6.45, 7) is 0.292. The van der Waals surface area contributed by atoms with Gasteiger partial charge in [-0.3, -0.25) is 14.9 Å². The third-order valence-corrected chi connectivity index (χ3v) is 2.23. The third kappa shape index (κ3) is 2.39. The fourth-order valence-corrected chi connectivity index (χ4v) is 1.38. The molecule has 0 fully saturated rings. The van der Waals surface area contributed by atoms with Crippen LogP contribution in [-0.4, -0.2) is 43.1 Å². The highest BCUT2D eigenvalue weighted by Gasteiger charge is 2.16. The van der Waals surface area contributed by atoms with Crippen molar-refractivity contribution in [1.82, 2.24) is 25.1 Å². The van der Waals surface area contributed by atoms with Crippen LogP contribution in [0.25, 0.3) is 0 Å².